The van der Waals surface area contributed by atoms with Gasteiger partial charge in [0.1, 0.15) is 11.5 Å². The third kappa shape index (κ3) is 4.46. The highest BCUT2D eigenvalue weighted by Crippen LogP contribution is 2.31. The second-order valence-electron chi connectivity index (χ2n) is 8.41. The van der Waals surface area contributed by atoms with Crippen LogP contribution in [0.3, 0.4) is 0 Å². The highest BCUT2D eigenvalue weighted by atomic mass is 16.6. The summed E-state index contributed by atoms with van der Waals surface area (Å²) in [4.78, 5) is 35.7. The number of aryl methyl sites for hydroxylation is 1. The molecule has 4 aromatic rings. The van der Waals surface area contributed by atoms with Gasteiger partial charge < -0.3 is 9.15 Å². The van der Waals surface area contributed by atoms with E-state index in [0.29, 0.717) is 41.2 Å². The van der Waals surface area contributed by atoms with Crippen LogP contribution in [0.25, 0.3) is 10.8 Å². The van der Waals surface area contributed by atoms with Crippen LogP contribution in [-0.2, 0) is 6.42 Å². The summed E-state index contributed by atoms with van der Waals surface area (Å²) in [6.07, 6.45) is 1.97. The third-order valence-corrected chi connectivity index (χ3v) is 6.08. The first-order chi connectivity index (χ1) is 17.4. The van der Waals surface area contributed by atoms with Gasteiger partial charge in [0.15, 0.2) is 0 Å². The van der Waals surface area contributed by atoms with E-state index in [-0.39, 0.29) is 17.0 Å². The van der Waals surface area contributed by atoms with E-state index in [1.807, 2.05) is 30.3 Å². The van der Waals surface area contributed by atoms with E-state index in [4.69, 9.17) is 9.15 Å². The van der Waals surface area contributed by atoms with Gasteiger partial charge in [-0.1, -0.05) is 30.3 Å². The van der Waals surface area contributed by atoms with Crippen molar-refractivity contribution in [2.45, 2.75) is 26.2 Å². The predicted molar refractivity (Wildman–Crippen MR) is 132 cm³/mol. The summed E-state index contributed by atoms with van der Waals surface area (Å²) in [5.41, 5.74) is 4.52. The molecule has 1 amide bonds. The van der Waals surface area contributed by atoms with Crippen molar-refractivity contribution < 1.29 is 23.7 Å². The molecular formula is C27H21N3O6. The molecular weight excluding hydrogens is 462 g/mol. The molecule has 9 heteroatoms. The van der Waals surface area contributed by atoms with Crippen molar-refractivity contribution in [1.29, 1.82) is 0 Å². The number of nitro groups is 1. The van der Waals surface area contributed by atoms with Crippen LogP contribution < -0.4 is 10.2 Å². The Balaban J connectivity index is 1.35. The number of ether oxygens (including phenoxy) is 1. The Bertz CT molecular complexity index is 1540. The first kappa shape index (κ1) is 23.0. The van der Waals surface area contributed by atoms with E-state index in [0.717, 1.165) is 17.2 Å². The minimum Gasteiger partial charge on any atom is -0.453 e. The summed E-state index contributed by atoms with van der Waals surface area (Å²) < 4.78 is 11.5. The average molecular weight is 483 g/mol. The summed E-state index contributed by atoms with van der Waals surface area (Å²) in [5.74, 6) is 0.0294. The average Bonchev–Trinajstić information content (AvgIpc) is 3.24. The van der Waals surface area contributed by atoms with Crippen LogP contribution >= 0.6 is 0 Å². The number of carbonyl (C=O) groups excluding carboxylic acids is 2. The summed E-state index contributed by atoms with van der Waals surface area (Å²) in [7, 11) is 0. The van der Waals surface area contributed by atoms with Crippen LogP contribution in [0.15, 0.2) is 76.2 Å². The zero-order valence-electron chi connectivity index (χ0n) is 19.3. The largest absolute Gasteiger partial charge is 0.453 e. The number of rotatable bonds is 5. The molecule has 180 valence electrons. The second kappa shape index (κ2) is 9.46. The molecule has 0 atom stereocenters. The molecule has 1 aromatic heterocycles. The Hall–Kier alpha value is -4.79. The van der Waals surface area contributed by atoms with E-state index in [9.17, 15) is 19.7 Å². The normalized spacial score (nSPS) is 13.9. The minimum atomic E-state index is -0.605. The molecule has 0 radical (unpaired) electrons. The number of amides is 1. The number of furan rings is 1. The number of fused-ring (bicyclic) bond motifs is 2. The van der Waals surface area contributed by atoms with Crippen LogP contribution in [0.4, 0.5) is 5.69 Å². The van der Waals surface area contributed by atoms with Crippen LogP contribution in [0.5, 0.6) is 5.75 Å². The number of benzene rings is 3. The molecule has 36 heavy (non-hydrogen) atoms. The zero-order chi connectivity index (χ0) is 25.2. The fourth-order valence-corrected chi connectivity index (χ4v) is 4.28. The van der Waals surface area contributed by atoms with Crippen LogP contribution in [0.2, 0.25) is 0 Å². The molecule has 0 unspecified atom stereocenters. The van der Waals surface area contributed by atoms with Gasteiger partial charge in [-0.25, -0.2) is 10.2 Å². The summed E-state index contributed by atoms with van der Waals surface area (Å²) in [5, 5.41) is 17.1. The first-order valence-electron chi connectivity index (χ1n) is 11.4. The van der Waals surface area contributed by atoms with Gasteiger partial charge >= 0.3 is 5.97 Å². The second-order valence-corrected chi connectivity index (χ2v) is 8.41. The zero-order valence-corrected chi connectivity index (χ0v) is 19.3. The number of carbonyl (C=O) groups is 2. The maximum atomic E-state index is 12.9. The van der Waals surface area contributed by atoms with Gasteiger partial charge in [0, 0.05) is 35.2 Å². The van der Waals surface area contributed by atoms with E-state index in [1.54, 1.807) is 19.1 Å². The van der Waals surface area contributed by atoms with Crippen molar-refractivity contribution in [3.05, 3.63) is 105 Å². The number of nitrogens with one attached hydrogen (secondary N) is 1. The van der Waals surface area contributed by atoms with Crippen molar-refractivity contribution in [2.24, 2.45) is 5.10 Å². The Morgan fingerprint density at radius 1 is 1.03 bits per heavy atom. The SMILES string of the molecule is Cc1c(C(=O)Oc2ccc3ccccc3c2)oc2c1/C(=N/NC(=O)c1ccc([N+](=O)[O-])cc1)CCC2. The first-order valence-corrected chi connectivity index (χ1v) is 11.4. The molecule has 0 bridgehead atoms. The van der Waals surface area contributed by atoms with Gasteiger partial charge in [-0.15, -0.1) is 0 Å². The smallest absolute Gasteiger partial charge is 0.379 e. The van der Waals surface area contributed by atoms with Gasteiger partial charge in [0.05, 0.1) is 10.6 Å². The number of hydrogen-bond acceptors (Lipinski definition) is 7. The fourth-order valence-electron chi connectivity index (χ4n) is 4.28. The lowest BCUT2D eigenvalue weighted by molar-refractivity contribution is -0.384. The van der Waals surface area contributed by atoms with Crippen LogP contribution in [0.1, 0.15) is 50.6 Å². The molecule has 3 aromatic carbocycles. The predicted octanol–water partition coefficient (Wildman–Crippen LogP) is 5.34. The number of nitro benzene ring substituents is 1. The van der Waals surface area contributed by atoms with Crippen LogP contribution in [-0.4, -0.2) is 22.5 Å². The standard InChI is InChI=1S/C27H21N3O6/c1-16-24-22(28-29-26(31)18-9-12-20(13-10-18)30(33)34)7-4-8-23(24)36-25(16)27(32)35-21-14-11-17-5-2-3-6-19(17)15-21/h2-3,5-6,9-15H,4,7-8H2,1H3,(H,29,31)/b28-22+. The monoisotopic (exact) mass is 483 g/mol. The van der Waals surface area contributed by atoms with Gasteiger partial charge in [-0.2, -0.15) is 5.10 Å². The molecule has 0 fully saturated rings. The Labute approximate surface area is 205 Å². The lowest BCUT2D eigenvalue weighted by Crippen LogP contribution is -2.22. The van der Waals surface area contributed by atoms with Crippen molar-refractivity contribution in [3.63, 3.8) is 0 Å². The molecule has 0 saturated carbocycles. The van der Waals surface area contributed by atoms with E-state index < -0.39 is 16.8 Å². The summed E-state index contributed by atoms with van der Waals surface area (Å²) >= 11 is 0. The molecule has 5 rings (SSSR count). The van der Waals surface area contributed by atoms with E-state index in [1.165, 1.54) is 24.3 Å². The lowest BCUT2D eigenvalue weighted by atomic mass is 9.93. The van der Waals surface area contributed by atoms with Gasteiger partial charge in [-0.05, 0) is 54.8 Å². The van der Waals surface area contributed by atoms with Crippen molar-refractivity contribution >= 4 is 34.0 Å². The van der Waals surface area contributed by atoms with Crippen molar-refractivity contribution in [3.8, 4) is 5.75 Å². The number of esters is 1. The van der Waals surface area contributed by atoms with Crippen molar-refractivity contribution in [1.82, 2.24) is 5.43 Å². The third-order valence-electron chi connectivity index (χ3n) is 6.08. The number of nitrogens with zero attached hydrogens (tertiary/aromatic N) is 2. The lowest BCUT2D eigenvalue weighted by Gasteiger charge is -2.13. The molecule has 0 aliphatic heterocycles. The number of non-ortho nitro benzene ring substituents is 1. The molecule has 1 N–H and O–H groups in total. The molecule has 0 spiro atoms. The van der Waals surface area contributed by atoms with Gasteiger partial charge in [-0.3, -0.25) is 14.9 Å². The van der Waals surface area contributed by atoms with Gasteiger partial charge in [0.25, 0.3) is 11.6 Å². The maximum absolute atomic E-state index is 12.9. The number of hydrazone groups is 1. The van der Waals surface area contributed by atoms with E-state index >= 15 is 0 Å². The van der Waals surface area contributed by atoms with Gasteiger partial charge in [0.2, 0.25) is 5.76 Å². The molecule has 1 heterocycles. The molecule has 1 aliphatic rings. The highest BCUT2D eigenvalue weighted by molar-refractivity contribution is 6.07. The molecule has 1 aliphatic carbocycles. The maximum Gasteiger partial charge on any atom is 0.379 e. The quantitative estimate of drug-likeness (QED) is 0.177. The summed E-state index contributed by atoms with van der Waals surface area (Å²) in [6.45, 7) is 1.76. The topological polar surface area (TPSA) is 124 Å². The van der Waals surface area contributed by atoms with E-state index in [2.05, 4.69) is 10.5 Å². The highest BCUT2D eigenvalue weighted by Gasteiger charge is 2.29. The minimum absolute atomic E-state index is 0.101. The molecule has 0 saturated heterocycles. The Morgan fingerprint density at radius 3 is 2.53 bits per heavy atom. The van der Waals surface area contributed by atoms with Crippen molar-refractivity contribution in [2.75, 3.05) is 0 Å². The fraction of sp³-hybridized carbons (Fsp3) is 0.148. The van der Waals surface area contributed by atoms with Crippen LogP contribution in [0, 0.1) is 17.0 Å². The summed E-state index contributed by atoms with van der Waals surface area (Å²) in [6, 6.07) is 18.4. The Morgan fingerprint density at radius 2 is 1.78 bits per heavy atom. The number of hydrogen-bond donors (Lipinski definition) is 1. The molecule has 9 nitrogen and oxygen atoms in total. The Kier molecular flexibility index (Phi) is 6.03.